The molecular weight excluding hydrogens is 244 g/mol. The molecule has 1 unspecified atom stereocenters. The van der Waals surface area contributed by atoms with Crippen LogP contribution < -0.4 is 10.2 Å². The van der Waals surface area contributed by atoms with Crippen molar-refractivity contribution in [1.29, 1.82) is 0 Å². The summed E-state index contributed by atoms with van der Waals surface area (Å²) in [6.45, 7) is 12.4. The van der Waals surface area contributed by atoms with Crippen molar-refractivity contribution in [2.45, 2.75) is 53.0 Å². The van der Waals surface area contributed by atoms with Gasteiger partial charge in [-0.2, -0.15) is 0 Å². The molecule has 1 rings (SSSR count). The summed E-state index contributed by atoms with van der Waals surface area (Å²) in [6.07, 6.45) is 3.69. The van der Waals surface area contributed by atoms with Crippen molar-refractivity contribution in [2.24, 2.45) is 5.92 Å². The molecule has 0 amide bonds. The van der Waals surface area contributed by atoms with Gasteiger partial charge in [-0.05, 0) is 37.4 Å². The molecule has 20 heavy (non-hydrogen) atoms. The van der Waals surface area contributed by atoms with Gasteiger partial charge in [0.15, 0.2) is 0 Å². The molecule has 1 N–H and O–H groups in total. The molecule has 0 bridgehead atoms. The van der Waals surface area contributed by atoms with Crippen LogP contribution >= 0.6 is 0 Å². The first-order valence-corrected chi connectivity index (χ1v) is 8.21. The minimum Gasteiger partial charge on any atom is -0.367 e. The van der Waals surface area contributed by atoms with Crippen LogP contribution in [0, 0.1) is 5.92 Å². The van der Waals surface area contributed by atoms with Crippen molar-refractivity contribution < 1.29 is 0 Å². The van der Waals surface area contributed by atoms with Gasteiger partial charge in [-0.1, -0.05) is 52.3 Å². The van der Waals surface area contributed by atoms with Crippen LogP contribution in [0.2, 0.25) is 0 Å². The van der Waals surface area contributed by atoms with Crippen molar-refractivity contribution in [1.82, 2.24) is 5.32 Å². The fourth-order valence-corrected chi connectivity index (χ4v) is 2.48. The highest BCUT2D eigenvalue weighted by molar-refractivity contribution is 5.47. The van der Waals surface area contributed by atoms with Gasteiger partial charge < -0.3 is 10.2 Å². The zero-order chi connectivity index (χ0) is 14.8. The zero-order valence-corrected chi connectivity index (χ0v) is 13.7. The fraction of sp³-hybridized carbons (Fsp3) is 0.667. The van der Waals surface area contributed by atoms with E-state index >= 15 is 0 Å². The number of hydrogen-bond acceptors (Lipinski definition) is 2. The van der Waals surface area contributed by atoms with Gasteiger partial charge in [0, 0.05) is 24.8 Å². The van der Waals surface area contributed by atoms with Gasteiger partial charge in [-0.15, -0.1) is 0 Å². The summed E-state index contributed by atoms with van der Waals surface area (Å²) in [6, 6.07) is 11.4. The Hall–Kier alpha value is -1.02. The van der Waals surface area contributed by atoms with Gasteiger partial charge in [-0.3, -0.25) is 0 Å². The first kappa shape index (κ1) is 17.0. The maximum absolute atomic E-state index is 3.62. The molecule has 0 aliphatic heterocycles. The van der Waals surface area contributed by atoms with Gasteiger partial charge in [0.05, 0.1) is 0 Å². The highest BCUT2D eigenvalue weighted by Gasteiger charge is 2.16. The van der Waals surface area contributed by atoms with Crippen LogP contribution in [0.4, 0.5) is 5.69 Å². The summed E-state index contributed by atoms with van der Waals surface area (Å²) >= 11 is 0. The normalized spacial score (nSPS) is 12.7. The predicted octanol–water partition coefficient (Wildman–Crippen LogP) is 4.32. The lowest BCUT2D eigenvalue weighted by Gasteiger charge is -2.34. The van der Waals surface area contributed by atoms with Crippen LogP contribution in [-0.4, -0.2) is 25.7 Å². The Balaban J connectivity index is 2.68. The molecule has 2 nitrogen and oxygen atoms in total. The molecule has 114 valence electrons. The number of benzene rings is 1. The highest BCUT2D eigenvalue weighted by Crippen LogP contribution is 2.19. The first-order valence-electron chi connectivity index (χ1n) is 8.21. The molecule has 1 atom stereocenters. The number of nitrogens with zero attached hydrogens (tertiary/aromatic N) is 1. The molecule has 0 radical (unpaired) electrons. The average Bonchev–Trinajstić information content (AvgIpc) is 2.46. The third-order valence-corrected chi connectivity index (χ3v) is 3.68. The first-order chi connectivity index (χ1) is 9.69. The van der Waals surface area contributed by atoms with E-state index in [2.05, 4.69) is 68.2 Å². The van der Waals surface area contributed by atoms with Crippen LogP contribution in [0.25, 0.3) is 0 Å². The number of nitrogens with one attached hydrogen (secondary N) is 1. The summed E-state index contributed by atoms with van der Waals surface area (Å²) in [5, 5.41) is 3.62. The number of anilines is 1. The topological polar surface area (TPSA) is 15.3 Å². The second-order valence-corrected chi connectivity index (χ2v) is 6.00. The Bertz CT molecular complexity index is 335. The lowest BCUT2D eigenvalue weighted by Crippen LogP contribution is -2.43. The van der Waals surface area contributed by atoms with E-state index in [0.717, 1.165) is 19.6 Å². The molecule has 0 fully saturated rings. The van der Waals surface area contributed by atoms with Crippen LogP contribution in [0.5, 0.6) is 0 Å². The summed E-state index contributed by atoms with van der Waals surface area (Å²) < 4.78 is 0. The molecule has 1 aromatic carbocycles. The van der Waals surface area contributed by atoms with Crippen LogP contribution in [-0.2, 0) is 0 Å². The van der Waals surface area contributed by atoms with E-state index in [4.69, 9.17) is 0 Å². The number of hydrogen-bond donors (Lipinski definition) is 1. The molecule has 0 aromatic heterocycles. The maximum atomic E-state index is 3.62. The second-order valence-electron chi connectivity index (χ2n) is 6.00. The molecule has 0 saturated carbocycles. The quantitative estimate of drug-likeness (QED) is 0.685. The van der Waals surface area contributed by atoms with E-state index < -0.39 is 0 Å². The maximum Gasteiger partial charge on any atom is 0.0411 e. The third-order valence-electron chi connectivity index (χ3n) is 3.68. The molecule has 0 aliphatic carbocycles. The Morgan fingerprint density at radius 1 is 1.05 bits per heavy atom. The lowest BCUT2D eigenvalue weighted by atomic mass is 10.1. The van der Waals surface area contributed by atoms with Crippen LogP contribution in [0.1, 0.15) is 47.0 Å². The predicted molar refractivity (Wildman–Crippen MR) is 90.5 cm³/mol. The summed E-state index contributed by atoms with van der Waals surface area (Å²) in [5.74, 6) is 0.716. The molecule has 0 heterocycles. The Morgan fingerprint density at radius 2 is 1.75 bits per heavy atom. The van der Waals surface area contributed by atoms with Gasteiger partial charge >= 0.3 is 0 Å². The minimum atomic E-state index is 0.586. The van der Waals surface area contributed by atoms with Gasteiger partial charge in [0.2, 0.25) is 0 Å². The van der Waals surface area contributed by atoms with Crippen LogP contribution in [0.3, 0.4) is 0 Å². The average molecular weight is 276 g/mol. The summed E-state index contributed by atoms with van der Waals surface area (Å²) in [7, 11) is 0. The third kappa shape index (κ3) is 5.96. The lowest BCUT2D eigenvalue weighted by molar-refractivity contribution is 0.479. The molecular formula is C18H32N2. The molecule has 2 heteroatoms. The van der Waals surface area contributed by atoms with E-state index in [0.29, 0.717) is 12.0 Å². The van der Waals surface area contributed by atoms with Crippen molar-refractivity contribution in [3.05, 3.63) is 30.3 Å². The van der Waals surface area contributed by atoms with Crippen molar-refractivity contribution in [2.75, 3.05) is 24.5 Å². The van der Waals surface area contributed by atoms with Gasteiger partial charge in [-0.25, -0.2) is 0 Å². The van der Waals surface area contributed by atoms with E-state index in [1.54, 1.807) is 0 Å². The Morgan fingerprint density at radius 3 is 2.30 bits per heavy atom. The fourth-order valence-electron chi connectivity index (χ4n) is 2.48. The zero-order valence-electron chi connectivity index (χ0n) is 13.7. The van der Waals surface area contributed by atoms with Crippen molar-refractivity contribution in [3.63, 3.8) is 0 Å². The molecule has 1 aromatic rings. The smallest absolute Gasteiger partial charge is 0.0411 e. The number of unbranched alkanes of at least 4 members (excludes halogenated alkanes) is 1. The van der Waals surface area contributed by atoms with Crippen molar-refractivity contribution in [3.8, 4) is 0 Å². The number of rotatable bonds is 10. The Kier molecular flexibility index (Phi) is 8.36. The Labute approximate surface area is 125 Å². The van der Waals surface area contributed by atoms with E-state index in [-0.39, 0.29) is 0 Å². The van der Waals surface area contributed by atoms with Crippen molar-refractivity contribution >= 4 is 5.69 Å². The number of para-hydroxylation sites is 1. The van der Waals surface area contributed by atoms with E-state index in [1.165, 1.54) is 24.9 Å². The van der Waals surface area contributed by atoms with Gasteiger partial charge in [0.25, 0.3) is 0 Å². The second kappa shape index (κ2) is 9.82. The minimum absolute atomic E-state index is 0.586. The standard InChI is InChI=1S/C18H32N2/c1-5-7-13-20(18-11-9-8-10-12-18)17(6-2)15-19-14-16(3)4/h8-12,16-17,19H,5-7,13-15H2,1-4H3. The molecule has 0 aliphatic rings. The SMILES string of the molecule is CCCCN(c1ccccc1)C(CC)CNCC(C)C. The van der Waals surface area contributed by atoms with E-state index in [9.17, 15) is 0 Å². The van der Waals surface area contributed by atoms with Crippen LogP contribution in [0.15, 0.2) is 30.3 Å². The molecule has 0 saturated heterocycles. The summed E-state index contributed by atoms with van der Waals surface area (Å²) in [5.41, 5.74) is 1.36. The highest BCUT2D eigenvalue weighted by atomic mass is 15.2. The van der Waals surface area contributed by atoms with E-state index in [1.807, 2.05) is 0 Å². The monoisotopic (exact) mass is 276 g/mol. The van der Waals surface area contributed by atoms with Gasteiger partial charge in [0.1, 0.15) is 0 Å². The molecule has 0 spiro atoms. The largest absolute Gasteiger partial charge is 0.367 e. The summed E-state index contributed by atoms with van der Waals surface area (Å²) in [4.78, 5) is 2.58.